The fourth-order valence-corrected chi connectivity index (χ4v) is 1.74. The van der Waals surface area contributed by atoms with Gasteiger partial charge in [0, 0.05) is 18.5 Å². The number of benzene rings is 1. The molecule has 0 fully saturated rings. The number of amides is 1. The molecule has 0 radical (unpaired) electrons. The molecule has 0 unspecified atom stereocenters. The van der Waals surface area contributed by atoms with Gasteiger partial charge in [-0.15, -0.1) is 0 Å². The SMILES string of the molecule is CCCCCNC(=O)COc1ccc(C(=O)CC)cc1. The number of ketones is 1. The number of rotatable bonds is 9. The summed E-state index contributed by atoms with van der Waals surface area (Å²) in [7, 11) is 0. The lowest BCUT2D eigenvalue weighted by Crippen LogP contribution is -2.29. The fraction of sp³-hybridized carbons (Fsp3) is 0.500. The Morgan fingerprint density at radius 3 is 2.40 bits per heavy atom. The first kappa shape index (κ1) is 16.2. The van der Waals surface area contributed by atoms with Crippen molar-refractivity contribution in [3.8, 4) is 5.75 Å². The van der Waals surface area contributed by atoms with Crippen LogP contribution >= 0.6 is 0 Å². The van der Waals surface area contributed by atoms with Crippen molar-refractivity contribution in [3.05, 3.63) is 29.8 Å². The van der Waals surface area contributed by atoms with Crippen molar-refractivity contribution < 1.29 is 14.3 Å². The van der Waals surface area contributed by atoms with E-state index in [-0.39, 0.29) is 18.3 Å². The molecule has 0 atom stereocenters. The Kier molecular flexibility index (Phi) is 7.40. The molecule has 1 aromatic rings. The minimum atomic E-state index is -0.116. The van der Waals surface area contributed by atoms with E-state index in [1.807, 2.05) is 6.92 Å². The normalized spacial score (nSPS) is 10.1. The zero-order valence-corrected chi connectivity index (χ0v) is 12.3. The van der Waals surface area contributed by atoms with Crippen LogP contribution in [-0.2, 0) is 4.79 Å². The van der Waals surface area contributed by atoms with Gasteiger partial charge in [0.2, 0.25) is 0 Å². The van der Waals surface area contributed by atoms with Gasteiger partial charge in [-0.05, 0) is 30.7 Å². The van der Waals surface area contributed by atoms with Crippen molar-refractivity contribution >= 4 is 11.7 Å². The van der Waals surface area contributed by atoms with Gasteiger partial charge in [-0.2, -0.15) is 0 Å². The first-order chi connectivity index (χ1) is 9.67. The lowest BCUT2D eigenvalue weighted by Gasteiger charge is -2.07. The number of hydrogen-bond acceptors (Lipinski definition) is 3. The third-order valence-electron chi connectivity index (χ3n) is 2.97. The Bertz CT molecular complexity index is 426. The average Bonchev–Trinajstić information content (AvgIpc) is 2.49. The summed E-state index contributed by atoms with van der Waals surface area (Å²) >= 11 is 0. The summed E-state index contributed by atoms with van der Waals surface area (Å²) in [5.41, 5.74) is 0.670. The van der Waals surface area contributed by atoms with Crippen molar-refractivity contribution in [2.45, 2.75) is 39.5 Å². The van der Waals surface area contributed by atoms with E-state index in [9.17, 15) is 9.59 Å². The Balaban J connectivity index is 2.31. The zero-order valence-electron chi connectivity index (χ0n) is 12.3. The maximum absolute atomic E-state index is 11.5. The van der Waals surface area contributed by atoms with Crippen molar-refractivity contribution in [2.24, 2.45) is 0 Å². The maximum atomic E-state index is 11.5. The third-order valence-corrected chi connectivity index (χ3v) is 2.97. The second-order valence-corrected chi connectivity index (χ2v) is 4.65. The quantitative estimate of drug-likeness (QED) is 0.557. The highest BCUT2D eigenvalue weighted by Crippen LogP contribution is 2.13. The van der Waals surface area contributed by atoms with Gasteiger partial charge in [0.25, 0.3) is 5.91 Å². The van der Waals surface area contributed by atoms with Crippen molar-refractivity contribution in [1.82, 2.24) is 5.32 Å². The van der Waals surface area contributed by atoms with Crippen LogP contribution in [0.3, 0.4) is 0 Å². The molecule has 0 spiro atoms. The van der Waals surface area contributed by atoms with Crippen LogP contribution in [0.5, 0.6) is 5.75 Å². The van der Waals surface area contributed by atoms with E-state index in [4.69, 9.17) is 4.74 Å². The summed E-state index contributed by atoms with van der Waals surface area (Å²) in [6.45, 7) is 4.65. The molecule has 0 bridgehead atoms. The molecule has 1 rings (SSSR count). The van der Waals surface area contributed by atoms with Gasteiger partial charge in [-0.1, -0.05) is 26.7 Å². The summed E-state index contributed by atoms with van der Waals surface area (Å²) in [5, 5.41) is 2.81. The number of ether oxygens (including phenoxy) is 1. The second kappa shape index (κ2) is 9.13. The minimum Gasteiger partial charge on any atom is -0.484 e. The van der Waals surface area contributed by atoms with E-state index >= 15 is 0 Å². The molecule has 0 aliphatic heterocycles. The smallest absolute Gasteiger partial charge is 0.257 e. The van der Waals surface area contributed by atoms with Crippen LogP contribution in [0.25, 0.3) is 0 Å². The van der Waals surface area contributed by atoms with Gasteiger partial charge >= 0.3 is 0 Å². The molecule has 1 aromatic carbocycles. The van der Waals surface area contributed by atoms with E-state index in [1.54, 1.807) is 24.3 Å². The van der Waals surface area contributed by atoms with Crippen LogP contribution in [0.1, 0.15) is 49.9 Å². The van der Waals surface area contributed by atoms with Gasteiger partial charge in [-0.25, -0.2) is 0 Å². The van der Waals surface area contributed by atoms with E-state index < -0.39 is 0 Å². The van der Waals surface area contributed by atoms with E-state index in [0.29, 0.717) is 24.3 Å². The van der Waals surface area contributed by atoms with Crippen LogP contribution in [0.15, 0.2) is 24.3 Å². The van der Waals surface area contributed by atoms with Crippen LogP contribution in [0, 0.1) is 0 Å². The molecule has 0 aliphatic rings. The van der Waals surface area contributed by atoms with Gasteiger partial charge in [-0.3, -0.25) is 9.59 Å². The van der Waals surface area contributed by atoms with Crippen molar-refractivity contribution in [1.29, 1.82) is 0 Å². The Morgan fingerprint density at radius 2 is 1.80 bits per heavy atom. The molecule has 1 amide bonds. The lowest BCUT2D eigenvalue weighted by molar-refractivity contribution is -0.123. The van der Waals surface area contributed by atoms with Crippen molar-refractivity contribution in [2.75, 3.05) is 13.2 Å². The molecule has 20 heavy (non-hydrogen) atoms. The second-order valence-electron chi connectivity index (χ2n) is 4.65. The molecule has 0 aliphatic carbocycles. The summed E-state index contributed by atoms with van der Waals surface area (Å²) in [4.78, 5) is 23.0. The van der Waals surface area contributed by atoms with Gasteiger partial charge in [0.1, 0.15) is 5.75 Å². The Labute approximate surface area is 120 Å². The first-order valence-corrected chi connectivity index (χ1v) is 7.20. The van der Waals surface area contributed by atoms with Gasteiger partial charge in [0.15, 0.2) is 12.4 Å². The third kappa shape index (κ3) is 5.87. The molecule has 4 heteroatoms. The van der Waals surface area contributed by atoms with E-state index in [2.05, 4.69) is 12.2 Å². The molecule has 0 heterocycles. The number of unbranched alkanes of at least 4 members (excludes halogenated alkanes) is 2. The first-order valence-electron chi connectivity index (χ1n) is 7.20. The van der Waals surface area contributed by atoms with Crippen LogP contribution in [-0.4, -0.2) is 24.8 Å². The summed E-state index contributed by atoms with van der Waals surface area (Å²) < 4.78 is 5.37. The van der Waals surface area contributed by atoms with Crippen LogP contribution in [0.4, 0.5) is 0 Å². The average molecular weight is 277 g/mol. The molecule has 4 nitrogen and oxygen atoms in total. The van der Waals surface area contributed by atoms with Crippen molar-refractivity contribution in [3.63, 3.8) is 0 Å². The summed E-state index contributed by atoms with van der Waals surface area (Å²) in [6, 6.07) is 6.88. The monoisotopic (exact) mass is 277 g/mol. The molecule has 0 aromatic heterocycles. The topological polar surface area (TPSA) is 55.4 Å². The zero-order chi connectivity index (χ0) is 14.8. The molecule has 1 N–H and O–H groups in total. The standard InChI is InChI=1S/C16H23NO3/c1-3-5-6-11-17-16(19)12-20-14-9-7-13(8-10-14)15(18)4-2/h7-10H,3-6,11-12H2,1-2H3,(H,17,19). The number of carbonyl (C=O) groups excluding carboxylic acids is 2. The highest BCUT2D eigenvalue weighted by atomic mass is 16.5. The molecular formula is C16H23NO3. The predicted molar refractivity (Wildman–Crippen MR) is 79.1 cm³/mol. The predicted octanol–water partition coefficient (Wildman–Crippen LogP) is 2.96. The number of carbonyl (C=O) groups is 2. The molecule has 110 valence electrons. The highest BCUT2D eigenvalue weighted by molar-refractivity contribution is 5.95. The number of nitrogens with one attached hydrogen (secondary N) is 1. The Hall–Kier alpha value is -1.84. The minimum absolute atomic E-state index is 0.00714. The molecular weight excluding hydrogens is 254 g/mol. The fourth-order valence-electron chi connectivity index (χ4n) is 1.74. The molecule has 0 saturated heterocycles. The van der Waals surface area contributed by atoms with Gasteiger partial charge < -0.3 is 10.1 Å². The largest absolute Gasteiger partial charge is 0.484 e. The van der Waals surface area contributed by atoms with E-state index in [1.165, 1.54) is 0 Å². The number of hydrogen-bond donors (Lipinski definition) is 1. The van der Waals surface area contributed by atoms with Crippen LogP contribution in [0.2, 0.25) is 0 Å². The van der Waals surface area contributed by atoms with E-state index in [0.717, 1.165) is 19.3 Å². The molecule has 0 saturated carbocycles. The maximum Gasteiger partial charge on any atom is 0.257 e. The summed E-state index contributed by atoms with van der Waals surface area (Å²) in [6.07, 6.45) is 3.74. The number of Topliss-reactive ketones (excluding diaryl/α,β-unsaturated/α-hetero) is 1. The highest BCUT2D eigenvalue weighted by Gasteiger charge is 2.04. The van der Waals surface area contributed by atoms with Crippen LogP contribution < -0.4 is 10.1 Å². The van der Waals surface area contributed by atoms with Gasteiger partial charge in [0.05, 0.1) is 0 Å². The lowest BCUT2D eigenvalue weighted by atomic mass is 10.1. The Morgan fingerprint density at radius 1 is 1.10 bits per heavy atom. The summed E-state index contributed by atoms with van der Waals surface area (Å²) in [5.74, 6) is 0.585.